The van der Waals surface area contributed by atoms with Crippen LogP contribution in [0.1, 0.15) is 13.8 Å². The summed E-state index contributed by atoms with van der Waals surface area (Å²) in [4.78, 5) is 1.26. The Kier molecular flexibility index (Phi) is 4.25. The number of nitrogens with zero attached hydrogens (tertiary/aromatic N) is 3. The summed E-state index contributed by atoms with van der Waals surface area (Å²) in [5, 5.41) is 11.7. The minimum atomic E-state index is 0.837. The van der Waals surface area contributed by atoms with Crippen molar-refractivity contribution in [3.8, 4) is 11.4 Å². The van der Waals surface area contributed by atoms with E-state index in [-0.39, 0.29) is 0 Å². The van der Waals surface area contributed by atoms with Crippen molar-refractivity contribution in [1.29, 1.82) is 0 Å². The molecule has 0 saturated heterocycles. The largest absolute Gasteiger partial charge is 0.355 e. The molecule has 1 N–H and O–H groups in total. The zero-order valence-corrected chi connectivity index (χ0v) is 11.8. The van der Waals surface area contributed by atoms with Gasteiger partial charge in [-0.1, -0.05) is 12.1 Å². The molecule has 0 unspecified atom stereocenters. The molecule has 0 bridgehead atoms. The molecule has 5 heteroatoms. The molecule has 0 aliphatic rings. The van der Waals surface area contributed by atoms with Crippen molar-refractivity contribution in [2.75, 3.05) is 18.1 Å². The monoisotopic (exact) mass is 262 g/mol. The summed E-state index contributed by atoms with van der Waals surface area (Å²) in [5.41, 5.74) is 1.10. The van der Waals surface area contributed by atoms with Gasteiger partial charge in [-0.15, -0.1) is 22.0 Å². The topological polar surface area (TPSA) is 42.7 Å². The highest BCUT2D eigenvalue weighted by Gasteiger charge is 2.11. The van der Waals surface area contributed by atoms with Gasteiger partial charge >= 0.3 is 0 Å². The molecule has 0 aliphatic heterocycles. The molecule has 0 fully saturated rings. The van der Waals surface area contributed by atoms with Gasteiger partial charge in [0.15, 0.2) is 5.82 Å². The number of hydrogen-bond acceptors (Lipinski definition) is 4. The first-order valence-electron chi connectivity index (χ1n) is 6.11. The van der Waals surface area contributed by atoms with E-state index in [2.05, 4.69) is 64.4 Å². The molecule has 1 aromatic heterocycles. The van der Waals surface area contributed by atoms with E-state index in [1.807, 2.05) is 0 Å². The average molecular weight is 262 g/mol. The highest BCUT2D eigenvalue weighted by atomic mass is 32.2. The van der Waals surface area contributed by atoms with Crippen molar-refractivity contribution in [3.05, 3.63) is 24.3 Å². The van der Waals surface area contributed by atoms with E-state index in [1.54, 1.807) is 11.8 Å². The standard InChI is InChI=1S/C13H18N4S/c1-4-14-13-16-15-12(17(13)5-2)10-6-8-11(18-3)9-7-10/h6-9H,4-5H2,1-3H3,(H,14,16). The lowest BCUT2D eigenvalue weighted by atomic mass is 10.2. The van der Waals surface area contributed by atoms with Crippen molar-refractivity contribution in [3.63, 3.8) is 0 Å². The SMILES string of the molecule is CCNc1nnc(-c2ccc(SC)cc2)n1CC. The summed E-state index contributed by atoms with van der Waals surface area (Å²) in [5.74, 6) is 1.75. The molecule has 0 radical (unpaired) electrons. The third kappa shape index (κ3) is 2.51. The van der Waals surface area contributed by atoms with Gasteiger partial charge in [-0.2, -0.15) is 0 Å². The van der Waals surface area contributed by atoms with Crippen molar-refractivity contribution >= 4 is 17.7 Å². The molecule has 0 atom stereocenters. The van der Waals surface area contributed by atoms with Gasteiger partial charge in [-0.3, -0.25) is 4.57 Å². The van der Waals surface area contributed by atoms with Gasteiger partial charge in [-0.05, 0) is 32.2 Å². The molecule has 0 spiro atoms. The molecule has 96 valence electrons. The Morgan fingerprint density at radius 1 is 1.17 bits per heavy atom. The van der Waals surface area contributed by atoms with E-state index in [4.69, 9.17) is 0 Å². The molecule has 0 amide bonds. The summed E-state index contributed by atoms with van der Waals surface area (Å²) in [6, 6.07) is 8.42. The third-order valence-corrected chi connectivity index (χ3v) is 3.49. The van der Waals surface area contributed by atoms with Crippen LogP contribution in [0.25, 0.3) is 11.4 Å². The number of benzene rings is 1. The fraction of sp³-hybridized carbons (Fsp3) is 0.385. The van der Waals surface area contributed by atoms with Gasteiger partial charge in [0.1, 0.15) is 0 Å². The van der Waals surface area contributed by atoms with Crippen LogP contribution in [-0.2, 0) is 6.54 Å². The number of nitrogens with one attached hydrogen (secondary N) is 1. The smallest absolute Gasteiger partial charge is 0.224 e. The predicted octanol–water partition coefficient (Wildman–Crippen LogP) is 3.12. The Labute approximate surface area is 112 Å². The molecule has 2 aromatic rings. The minimum absolute atomic E-state index is 0.837. The highest BCUT2D eigenvalue weighted by molar-refractivity contribution is 7.98. The zero-order chi connectivity index (χ0) is 13.0. The Hall–Kier alpha value is -1.49. The van der Waals surface area contributed by atoms with Crippen molar-refractivity contribution in [1.82, 2.24) is 14.8 Å². The van der Waals surface area contributed by atoms with Crippen LogP contribution in [-0.4, -0.2) is 27.6 Å². The first-order chi connectivity index (χ1) is 8.80. The van der Waals surface area contributed by atoms with Crippen LogP contribution in [0.3, 0.4) is 0 Å². The van der Waals surface area contributed by atoms with Crippen LogP contribution in [0.15, 0.2) is 29.2 Å². The van der Waals surface area contributed by atoms with E-state index in [1.165, 1.54) is 4.90 Å². The molecule has 1 aromatic carbocycles. The second kappa shape index (κ2) is 5.91. The Balaban J connectivity index is 2.36. The maximum absolute atomic E-state index is 4.27. The number of anilines is 1. The molecule has 18 heavy (non-hydrogen) atoms. The van der Waals surface area contributed by atoms with E-state index < -0.39 is 0 Å². The molecular formula is C13H18N4S. The van der Waals surface area contributed by atoms with Gasteiger partial charge in [0.25, 0.3) is 0 Å². The van der Waals surface area contributed by atoms with Crippen molar-refractivity contribution in [2.45, 2.75) is 25.3 Å². The first-order valence-corrected chi connectivity index (χ1v) is 7.34. The molecule has 0 aliphatic carbocycles. The fourth-order valence-electron chi connectivity index (χ4n) is 1.85. The van der Waals surface area contributed by atoms with E-state index in [0.717, 1.165) is 30.4 Å². The maximum atomic E-state index is 4.27. The normalized spacial score (nSPS) is 10.6. The summed E-state index contributed by atoms with van der Waals surface area (Å²) in [6.07, 6.45) is 2.08. The van der Waals surface area contributed by atoms with Crippen LogP contribution < -0.4 is 5.32 Å². The quantitative estimate of drug-likeness (QED) is 0.841. The summed E-state index contributed by atoms with van der Waals surface area (Å²) in [7, 11) is 0. The van der Waals surface area contributed by atoms with E-state index >= 15 is 0 Å². The van der Waals surface area contributed by atoms with Crippen LogP contribution in [0.4, 0.5) is 5.95 Å². The molecule has 2 rings (SSSR count). The lowest BCUT2D eigenvalue weighted by Crippen LogP contribution is -2.06. The Morgan fingerprint density at radius 2 is 1.89 bits per heavy atom. The summed E-state index contributed by atoms with van der Waals surface area (Å²) >= 11 is 1.74. The van der Waals surface area contributed by atoms with Crippen molar-refractivity contribution < 1.29 is 0 Å². The maximum Gasteiger partial charge on any atom is 0.224 e. The number of thioether (sulfide) groups is 1. The third-order valence-electron chi connectivity index (χ3n) is 2.75. The van der Waals surface area contributed by atoms with Gasteiger partial charge in [-0.25, -0.2) is 0 Å². The van der Waals surface area contributed by atoms with Crippen LogP contribution in [0.2, 0.25) is 0 Å². The van der Waals surface area contributed by atoms with E-state index in [9.17, 15) is 0 Å². The number of rotatable bonds is 5. The van der Waals surface area contributed by atoms with Crippen LogP contribution in [0, 0.1) is 0 Å². The van der Waals surface area contributed by atoms with Gasteiger partial charge in [0.05, 0.1) is 0 Å². The van der Waals surface area contributed by atoms with Crippen LogP contribution >= 0.6 is 11.8 Å². The average Bonchev–Trinajstić information content (AvgIpc) is 2.82. The Bertz CT molecular complexity index is 504. The lowest BCUT2D eigenvalue weighted by Gasteiger charge is -2.08. The zero-order valence-electron chi connectivity index (χ0n) is 11.0. The predicted molar refractivity (Wildman–Crippen MR) is 77.1 cm³/mol. The minimum Gasteiger partial charge on any atom is -0.355 e. The molecule has 0 saturated carbocycles. The molecule has 1 heterocycles. The lowest BCUT2D eigenvalue weighted by molar-refractivity contribution is 0.770. The van der Waals surface area contributed by atoms with E-state index in [0.29, 0.717) is 0 Å². The number of aromatic nitrogens is 3. The fourth-order valence-corrected chi connectivity index (χ4v) is 2.25. The molecular weight excluding hydrogens is 244 g/mol. The van der Waals surface area contributed by atoms with Crippen LogP contribution in [0.5, 0.6) is 0 Å². The van der Waals surface area contributed by atoms with Gasteiger partial charge < -0.3 is 5.32 Å². The van der Waals surface area contributed by atoms with Gasteiger partial charge in [0.2, 0.25) is 5.95 Å². The highest BCUT2D eigenvalue weighted by Crippen LogP contribution is 2.23. The second-order valence-corrected chi connectivity index (χ2v) is 4.73. The second-order valence-electron chi connectivity index (χ2n) is 3.85. The van der Waals surface area contributed by atoms with Crippen molar-refractivity contribution in [2.24, 2.45) is 0 Å². The number of hydrogen-bond donors (Lipinski definition) is 1. The Morgan fingerprint density at radius 3 is 2.44 bits per heavy atom. The molecule has 4 nitrogen and oxygen atoms in total. The van der Waals surface area contributed by atoms with Gasteiger partial charge in [0, 0.05) is 23.5 Å². The summed E-state index contributed by atoms with van der Waals surface area (Å²) in [6.45, 7) is 5.87. The summed E-state index contributed by atoms with van der Waals surface area (Å²) < 4.78 is 2.09. The first kappa shape index (κ1) is 13.0.